The third kappa shape index (κ3) is 4.76. The van der Waals surface area contributed by atoms with Crippen molar-refractivity contribution in [1.82, 2.24) is 10.3 Å². The molecule has 0 saturated carbocycles. The van der Waals surface area contributed by atoms with Gasteiger partial charge in [-0.05, 0) is 36.7 Å². The first-order valence-electron chi connectivity index (χ1n) is 7.22. The Morgan fingerprint density at radius 3 is 2.67 bits per heavy atom. The maximum absolute atomic E-state index is 5.91. The van der Waals surface area contributed by atoms with E-state index >= 15 is 0 Å². The van der Waals surface area contributed by atoms with Gasteiger partial charge in [-0.15, -0.1) is 0 Å². The number of methoxy groups -OCH3 is 1. The van der Waals surface area contributed by atoms with E-state index in [1.807, 2.05) is 36.5 Å². The molecule has 4 heteroatoms. The predicted octanol–water partition coefficient (Wildman–Crippen LogP) is 3.17. The van der Waals surface area contributed by atoms with Crippen LogP contribution in [0.1, 0.15) is 24.5 Å². The van der Waals surface area contributed by atoms with Crippen molar-refractivity contribution in [2.45, 2.75) is 26.5 Å². The van der Waals surface area contributed by atoms with Crippen LogP contribution in [0.4, 0.5) is 0 Å². The molecule has 0 fully saturated rings. The average molecular weight is 286 g/mol. The molecule has 2 aromatic rings. The summed E-state index contributed by atoms with van der Waals surface area (Å²) in [6.07, 6.45) is 4.72. The summed E-state index contributed by atoms with van der Waals surface area (Å²) in [7, 11) is 1.66. The fourth-order valence-electron chi connectivity index (χ4n) is 1.97. The average Bonchev–Trinajstić information content (AvgIpc) is 2.54. The van der Waals surface area contributed by atoms with Gasteiger partial charge in [-0.3, -0.25) is 4.98 Å². The van der Waals surface area contributed by atoms with E-state index in [2.05, 4.69) is 17.2 Å². The van der Waals surface area contributed by atoms with Gasteiger partial charge in [-0.2, -0.15) is 0 Å². The molecule has 21 heavy (non-hydrogen) atoms. The van der Waals surface area contributed by atoms with Gasteiger partial charge in [0, 0.05) is 24.5 Å². The maximum atomic E-state index is 5.91. The van der Waals surface area contributed by atoms with E-state index in [1.165, 1.54) is 0 Å². The minimum atomic E-state index is 0.536. The molecule has 0 atom stereocenters. The topological polar surface area (TPSA) is 43.4 Å². The summed E-state index contributed by atoms with van der Waals surface area (Å²) >= 11 is 0. The molecule has 1 aromatic heterocycles. The van der Waals surface area contributed by atoms with Gasteiger partial charge in [0.2, 0.25) is 0 Å². The Morgan fingerprint density at radius 1 is 1.14 bits per heavy atom. The van der Waals surface area contributed by atoms with Crippen molar-refractivity contribution in [2.24, 2.45) is 0 Å². The second-order valence-electron chi connectivity index (χ2n) is 4.80. The maximum Gasteiger partial charge on any atom is 0.127 e. The van der Waals surface area contributed by atoms with Gasteiger partial charge in [-0.1, -0.05) is 19.1 Å². The van der Waals surface area contributed by atoms with Crippen LogP contribution in [0.3, 0.4) is 0 Å². The van der Waals surface area contributed by atoms with E-state index in [4.69, 9.17) is 9.47 Å². The van der Waals surface area contributed by atoms with Crippen molar-refractivity contribution in [1.29, 1.82) is 0 Å². The molecule has 1 heterocycles. The van der Waals surface area contributed by atoms with E-state index in [9.17, 15) is 0 Å². The first-order valence-corrected chi connectivity index (χ1v) is 7.22. The van der Waals surface area contributed by atoms with Gasteiger partial charge in [0.25, 0.3) is 0 Å². The predicted molar refractivity (Wildman–Crippen MR) is 83.6 cm³/mol. The smallest absolute Gasteiger partial charge is 0.127 e. The van der Waals surface area contributed by atoms with Gasteiger partial charge in [-0.25, -0.2) is 0 Å². The van der Waals surface area contributed by atoms with Gasteiger partial charge in [0.15, 0.2) is 0 Å². The Bertz CT molecular complexity index is 541. The molecule has 1 aromatic carbocycles. The molecular weight excluding hydrogens is 264 g/mol. The van der Waals surface area contributed by atoms with E-state index < -0.39 is 0 Å². The molecule has 0 radical (unpaired) electrons. The van der Waals surface area contributed by atoms with Crippen molar-refractivity contribution < 1.29 is 9.47 Å². The van der Waals surface area contributed by atoms with Crippen LogP contribution >= 0.6 is 0 Å². The van der Waals surface area contributed by atoms with Gasteiger partial charge in [0.1, 0.15) is 18.1 Å². The number of ether oxygens (including phenoxy) is 2. The van der Waals surface area contributed by atoms with Crippen molar-refractivity contribution in [3.8, 4) is 11.5 Å². The largest absolute Gasteiger partial charge is 0.497 e. The summed E-state index contributed by atoms with van der Waals surface area (Å²) in [6.45, 7) is 4.46. The molecule has 112 valence electrons. The van der Waals surface area contributed by atoms with Crippen molar-refractivity contribution in [3.05, 3.63) is 53.9 Å². The number of hydrogen-bond donors (Lipinski definition) is 1. The number of hydrogen-bond acceptors (Lipinski definition) is 4. The molecule has 0 bridgehead atoms. The molecular formula is C17H22N2O2. The van der Waals surface area contributed by atoms with Crippen LogP contribution in [-0.4, -0.2) is 18.6 Å². The number of rotatable bonds is 8. The summed E-state index contributed by atoms with van der Waals surface area (Å²) in [6, 6.07) is 9.81. The number of aromatic nitrogens is 1. The first-order chi connectivity index (χ1) is 10.3. The van der Waals surface area contributed by atoms with E-state index in [0.717, 1.165) is 42.1 Å². The van der Waals surface area contributed by atoms with Crippen LogP contribution in [0.15, 0.2) is 42.7 Å². The van der Waals surface area contributed by atoms with Crippen LogP contribution in [0, 0.1) is 0 Å². The van der Waals surface area contributed by atoms with Crippen LogP contribution in [-0.2, 0) is 13.2 Å². The molecule has 4 nitrogen and oxygen atoms in total. The fourth-order valence-corrected chi connectivity index (χ4v) is 1.97. The second kappa shape index (κ2) is 8.27. The Kier molecular flexibility index (Phi) is 6.03. The quantitative estimate of drug-likeness (QED) is 0.757. The molecule has 2 rings (SSSR count). The molecule has 0 amide bonds. The standard InChI is InChI=1S/C17H22N2O2/c1-3-9-18-11-15-12-19-10-8-17(15)21-13-14-4-6-16(20-2)7-5-14/h4-8,10,12,18H,3,9,11,13H2,1-2H3. The van der Waals surface area contributed by atoms with Crippen LogP contribution in [0.5, 0.6) is 11.5 Å². The highest BCUT2D eigenvalue weighted by molar-refractivity contribution is 5.31. The Morgan fingerprint density at radius 2 is 1.95 bits per heavy atom. The third-order valence-corrected chi connectivity index (χ3v) is 3.15. The van der Waals surface area contributed by atoms with E-state index in [0.29, 0.717) is 6.61 Å². The van der Waals surface area contributed by atoms with Gasteiger partial charge >= 0.3 is 0 Å². The molecule has 0 aliphatic rings. The molecule has 1 N–H and O–H groups in total. The highest BCUT2D eigenvalue weighted by Gasteiger charge is 2.04. The second-order valence-corrected chi connectivity index (χ2v) is 4.80. The zero-order chi connectivity index (χ0) is 14.9. The summed E-state index contributed by atoms with van der Waals surface area (Å²) < 4.78 is 11.1. The zero-order valence-electron chi connectivity index (χ0n) is 12.6. The van der Waals surface area contributed by atoms with Crippen LogP contribution in [0.2, 0.25) is 0 Å². The number of nitrogens with zero attached hydrogens (tertiary/aromatic N) is 1. The Balaban J connectivity index is 1.95. The lowest BCUT2D eigenvalue weighted by Gasteiger charge is -2.12. The molecule has 0 saturated heterocycles. The summed E-state index contributed by atoms with van der Waals surface area (Å²) in [5, 5.41) is 3.37. The molecule has 0 unspecified atom stereocenters. The lowest BCUT2D eigenvalue weighted by atomic mass is 10.2. The summed E-state index contributed by atoms with van der Waals surface area (Å²) in [4.78, 5) is 4.17. The Labute approximate surface area is 126 Å². The lowest BCUT2D eigenvalue weighted by Crippen LogP contribution is -2.14. The van der Waals surface area contributed by atoms with Crippen molar-refractivity contribution in [2.75, 3.05) is 13.7 Å². The Hall–Kier alpha value is -2.07. The van der Waals surface area contributed by atoms with Crippen molar-refractivity contribution >= 4 is 0 Å². The monoisotopic (exact) mass is 286 g/mol. The van der Waals surface area contributed by atoms with E-state index in [1.54, 1.807) is 13.3 Å². The van der Waals surface area contributed by atoms with E-state index in [-0.39, 0.29) is 0 Å². The lowest BCUT2D eigenvalue weighted by molar-refractivity contribution is 0.301. The number of benzene rings is 1. The fraction of sp³-hybridized carbons (Fsp3) is 0.353. The van der Waals surface area contributed by atoms with Gasteiger partial charge in [0.05, 0.1) is 7.11 Å². The highest BCUT2D eigenvalue weighted by Crippen LogP contribution is 2.19. The van der Waals surface area contributed by atoms with Crippen LogP contribution in [0.25, 0.3) is 0 Å². The van der Waals surface area contributed by atoms with Crippen molar-refractivity contribution in [3.63, 3.8) is 0 Å². The third-order valence-electron chi connectivity index (χ3n) is 3.15. The molecule has 0 aliphatic heterocycles. The van der Waals surface area contributed by atoms with Crippen LogP contribution < -0.4 is 14.8 Å². The normalized spacial score (nSPS) is 10.4. The number of nitrogens with one attached hydrogen (secondary N) is 1. The first kappa shape index (κ1) is 15.3. The highest BCUT2D eigenvalue weighted by atomic mass is 16.5. The SMILES string of the molecule is CCCNCc1cnccc1OCc1ccc(OC)cc1. The summed E-state index contributed by atoms with van der Waals surface area (Å²) in [5.74, 6) is 1.73. The minimum Gasteiger partial charge on any atom is -0.497 e. The number of pyridine rings is 1. The summed E-state index contributed by atoms with van der Waals surface area (Å²) in [5.41, 5.74) is 2.19. The molecule has 0 spiro atoms. The molecule has 0 aliphatic carbocycles. The van der Waals surface area contributed by atoms with Gasteiger partial charge < -0.3 is 14.8 Å². The minimum absolute atomic E-state index is 0.536. The zero-order valence-corrected chi connectivity index (χ0v) is 12.6.